The molecule has 0 aliphatic carbocycles. The van der Waals surface area contributed by atoms with E-state index in [1.807, 2.05) is 0 Å². The fourth-order valence-corrected chi connectivity index (χ4v) is 2.41. The van der Waals surface area contributed by atoms with Crippen molar-refractivity contribution in [3.8, 4) is 0 Å². The molecule has 1 fully saturated rings. The molecule has 1 N–H and O–H groups in total. The third kappa shape index (κ3) is 4.94. The zero-order chi connectivity index (χ0) is 14.4. The fraction of sp³-hybridized carbons (Fsp3) is 0.562. The summed E-state index contributed by atoms with van der Waals surface area (Å²) in [6, 6.07) is 8.40. The minimum absolute atomic E-state index is 0.123. The molecular weight excluding hydrogens is 252 g/mol. The van der Waals surface area contributed by atoms with Crippen molar-refractivity contribution < 1.29 is 9.53 Å². The van der Waals surface area contributed by atoms with Crippen LogP contribution < -0.4 is 5.32 Å². The molecule has 1 heterocycles. The molecule has 110 valence electrons. The smallest absolute Gasteiger partial charge is 0.220 e. The van der Waals surface area contributed by atoms with E-state index in [1.54, 1.807) is 0 Å². The minimum atomic E-state index is 0.123. The SMILES string of the molecule is CN(C)Cc1ccc(CNC(=O)C[C@H]2CCOC2)cc1. The van der Waals surface area contributed by atoms with Gasteiger partial charge in [0, 0.05) is 32.7 Å². The molecule has 0 unspecified atom stereocenters. The Morgan fingerprint density at radius 2 is 2.00 bits per heavy atom. The Bertz CT molecular complexity index is 423. The number of nitrogens with one attached hydrogen (secondary N) is 1. The second-order valence-corrected chi connectivity index (χ2v) is 5.76. The molecule has 1 saturated heterocycles. The van der Waals surface area contributed by atoms with Crippen LogP contribution in [0.1, 0.15) is 24.0 Å². The summed E-state index contributed by atoms with van der Waals surface area (Å²) in [6.45, 7) is 3.07. The highest BCUT2D eigenvalue weighted by Crippen LogP contribution is 2.16. The number of ether oxygens (including phenoxy) is 1. The lowest BCUT2D eigenvalue weighted by molar-refractivity contribution is -0.122. The van der Waals surface area contributed by atoms with Crippen LogP contribution in [0.3, 0.4) is 0 Å². The van der Waals surface area contributed by atoms with Crippen LogP contribution in [0.4, 0.5) is 0 Å². The molecule has 4 heteroatoms. The molecule has 4 nitrogen and oxygen atoms in total. The Morgan fingerprint density at radius 1 is 1.30 bits per heavy atom. The van der Waals surface area contributed by atoms with E-state index in [0.717, 1.165) is 31.7 Å². The Balaban J connectivity index is 1.74. The second kappa shape index (κ2) is 7.41. The summed E-state index contributed by atoms with van der Waals surface area (Å²) < 4.78 is 5.28. The van der Waals surface area contributed by atoms with Gasteiger partial charge in [0.1, 0.15) is 0 Å². The van der Waals surface area contributed by atoms with Gasteiger partial charge < -0.3 is 15.0 Å². The van der Waals surface area contributed by atoms with E-state index in [-0.39, 0.29) is 5.91 Å². The first-order chi connectivity index (χ1) is 9.63. The van der Waals surface area contributed by atoms with Crippen molar-refractivity contribution in [3.05, 3.63) is 35.4 Å². The first-order valence-electron chi connectivity index (χ1n) is 7.20. The fourth-order valence-electron chi connectivity index (χ4n) is 2.41. The van der Waals surface area contributed by atoms with E-state index in [9.17, 15) is 4.79 Å². The van der Waals surface area contributed by atoms with Gasteiger partial charge in [0.25, 0.3) is 0 Å². The molecule has 0 bridgehead atoms. The van der Waals surface area contributed by atoms with Gasteiger partial charge in [-0.25, -0.2) is 0 Å². The maximum atomic E-state index is 11.8. The zero-order valence-corrected chi connectivity index (χ0v) is 12.4. The van der Waals surface area contributed by atoms with Crippen molar-refractivity contribution in [3.63, 3.8) is 0 Å². The highest BCUT2D eigenvalue weighted by molar-refractivity contribution is 5.76. The van der Waals surface area contributed by atoms with Gasteiger partial charge in [0.05, 0.1) is 0 Å². The Morgan fingerprint density at radius 3 is 2.60 bits per heavy atom. The van der Waals surface area contributed by atoms with Crippen LogP contribution in [-0.4, -0.2) is 38.1 Å². The van der Waals surface area contributed by atoms with Gasteiger partial charge in [-0.3, -0.25) is 4.79 Å². The number of rotatable bonds is 6. The Kier molecular flexibility index (Phi) is 5.56. The number of amides is 1. The van der Waals surface area contributed by atoms with Crippen molar-refractivity contribution in [1.82, 2.24) is 10.2 Å². The first-order valence-corrected chi connectivity index (χ1v) is 7.20. The van der Waals surface area contributed by atoms with Gasteiger partial charge in [-0.2, -0.15) is 0 Å². The van der Waals surface area contributed by atoms with Gasteiger partial charge in [-0.1, -0.05) is 24.3 Å². The summed E-state index contributed by atoms with van der Waals surface area (Å²) in [5.74, 6) is 0.523. The van der Waals surface area contributed by atoms with E-state index < -0.39 is 0 Å². The summed E-state index contributed by atoms with van der Waals surface area (Å²) in [4.78, 5) is 14.0. The highest BCUT2D eigenvalue weighted by Gasteiger charge is 2.18. The van der Waals surface area contributed by atoms with Crippen LogP contribution in [0.25, 0.3) is 0 Å². The molecule has 0 aromatic heterocycles. The monoisotopic (exact) mass is 276 g/mol. The summed E-state index contributed by atoms with van der Waals surface area (Å²) >= 11 is 0. The maximum Gasteiger partial charge on any atom is 0.220 e. The van der Waals surface area contributed by atoms with Gasteiger partial charge in [0.15, 0.2) is 0 Å². The van der Waals surface area contributed by atoms with E-state index in [0.29, 0.717) is 18.9 Å². The average Bonchev–Trinajstić information content (AvgIpc) is 2.90. The molecular formula is C16H24N2O2. The third-order valence-electron chi connectivity index (χ3n) is 3.51. The zero-order valence-electron chi connectivity index (χ0n) is 12.4. The van der Waals surface area contributed by atoms with Crippen LogP contribution >= 0.6 is 0 Å². The molecule has 1 aromatic rings. The summed E-state index contributed by atoms with van der Waals surface area (Å²) in [7, 11) is 4.11. The predicted molar refractivity (Wildman–Crippen MR) is 79.2 cm³/mol. The van der Waals surface area contributed by atoms with Gasteiger partial charge in [-0.15, -0.1) is 0 Å². The number of benzene rings is 1. The van der Waals surface area contributed by atoms with E-state index >= 15 is 0 Å². The summed E-state index contributed by atoms with van der Waals surface area (Å²) in [5.41, 5.74) is 2.43. The average molecular weight is 276 g/mol. The third-order valence-corrected chi connectivity index (χ3v) is 3.51. The number of hydrogen-bond donors (Lipinski definition) is 1. The second-order valence-electron chi connectivity index (χ2n) is 5.76. The molecule has 2 rings (SSSR count). The molecule has 1 aliphatic heterocycles. The quantitative estimate of drug-likeness (QED) is 0.861. The van der Waals surface area contributed by atoms with Crippen molar-refractivity contribution in [2.24, 2.45) is 5.92 Å². The number of nitrogens with zero attached hydrogens (tertiary/aromatic N) is 1. The molecule has 1 aromatic carbocycles. The highest BCUT2D eigenvalue weighted by atomic mass is 16.5. The van der Waals surface area contributed by atoms with Crippen LogP contribution in [-0.2, 0) is 22.6 Å². The molecule has 0 saturated carbocycles. The molecule has 1 atom stereocenters. The van der Waals surface area contributed by atoms with Gasteiger partial charge in [0.2, 0.25) is 5.91 Å². The van der Waals surface area contributed by atoms with E-state index in [1.165, 1.54) is 5.56 Å². The number of carbonyl (C=O) groups is 1. The Hall–Kier alpha value is -1.39. The first kappa shape index (κ1) is 15.0. The van der Waals surface area contributed by atoms with E-state index in [4.69, 9.17) is 4.74 Å². The molecule has 0 radical (unpaired) electrons. The molecule has 1 aliphatic rings. The normalized spacial score (nSPS) is 18.4. The van der Waals surface area contributed by atoms with Crippen LogP contribution in [0.5, 0.6) is 0 Å². The molecule has 20 heavy (non-hydrogen) atoms. The van der Waals surface area contributed by atoms with Crippen molar-refractivity contribution in [2.45, 2.75) is 25.9 Å². The number of hydrogen-bond acceptors (Lipinski definition) is 3. The standard InChI is InChI=1S/C16H24N2O2/c1-18(2)11-14-5-3-13(4-6-14)10-17-16(19)9-15-7-8-20-12-15/h3-6,15H,7-12H2,1-2H3,(H,17,19)/t15-/m1/s1. The van der Waals surface area contributed by atoms with Crippen LogP contribution in [0.2, 0.25) is 0 Å². The van der Waals surface area contributed by atoms with Crippen molar-refractivity contribution in [2.75, 3.05) is 27.3 Å². The summed E-state index contributed by atoms with van der Waals surface area (Å²) in [5, 5.41) is 2.98. The topological polar surface area (TPSA) is 41.6 Å². The van der Waals surface area contributed by atoms with Crippen LogP contribution in [0.15, 0.2) is 24.3 Å². The van der Waals surface area contributed by atoms with E-state index in [2.05, 4.69) is 48.6 Å². The Labute approximate surface area is 121 Å². The lowest BCUT2D eigenvalue weighted by Crippen LogP contribution is -2.25. The predicted octanol–water partition coefficient (Wildman–Crippen LogP) is 1.79. The summed E-state index contributed by atoms with van der Waals surface area (Å²) in [6.07, 6.45) is 1.59. The van der Waals surface area contributed by atoms with Crippen molar-refractivity contribution in [1.29, 1.82) is 0 Å². The molecule has 0 spiro atoms. The molecule has 1 amide bonds. The lowest BCUT2D eigenvalue weighted by atomic mass is 10.0. The lowest BCUT2D eigenvalue weighted by Gasteiger charge is -2.11. The largest absolute Gasteiger partial charge is 0.381 e. The maximum absolute atomic E-state index is 11.8. The van der Waals surface area contributed by atoms with Gasteiger partial charge in [-0.05, 0) is 37.6 Å². The number of carbonyl (C=O) groups excluding carboxylic acids is 1. The van der Waals surface area contributed by atoms with Gasteiger partial charge >= 0.3 is 0 Å². The van der Waals surface area contributed by atoms with Crippen molar-refractivity contribution >= 4 is 5.91 Å². The minimum Gasteiger partial charge on any atom is -0.381 e. The van der Waals surface area contributed by atoms with Crippen LogP contribution in [0, 0.1) is 5.92 Å².